The minimum Gasteiger partial charge on any atom is -0.397 e. The van der Waals surface area contributed by atoms with Crippen LogP contribution in [0.4, 0.5) is 11.4 Å². The molecule has 6 N–H and O–H groups in total. The van der Waals surface area contributed by atoms with E-state index in [1.807, 2.05) is 0 Å². The van der Waals surface area contributed by atoms with Crippen LogP contribution < -0.4 is 21.5 Å². The van der Waals surface area contributed by atoms with Crippen molar-refractivity contribution in [2.75, 3.05) is 17.6 Å². The SMILES string of the molecule is Nc1cc(S(N)(=O)=O)ccc1NC1CCC(=O)NC1. The summed E-state index contributed by atoms with van der Waals surface area (Å²) in [4.78, 5) is 11.0. The standard InChI is InChI=1S/C11H16N4O3S/c12-9-5-8(19(13,17)18)2-3-10(9)15-7-1-4-11(16)14-6-7/h2-3,5,7,15H,1,4,6,12H2,(H,14,16)(H2,13,17,18). The van der Waals surface area contributed by atoms with Crippen molar-refractivity contribution in [3.63, 3.8) is 0 Å². The second kappa shape index (κ2) is 5.06. The van der Waals surface area contributed by atoms with Crippen molar-refractivity contribution < 1.29 is 13.2 Å². The molecular formula is C11H16N4O3S. The first-order valence-corrected chi connectivity index (χ1v) is 7.36. The molecule has 0 aromatic heterocycles. The average Bonchev–Trinajstić information content (AvgIpc) is 2.33. The summed E-state index contributed by atoms with van der Waals surface area (Å²) in [6.45, 7) is 0.523. The molecule has 1 unspecified atom stereocenters. The fraction of sp³-hybridized carbons (Fsp3) is 0.364. The van der Waals surface area contributed by atoms with E-state index in [0.717, 1.165) is 0 Å². The van der Waals surface area contributed by atoms with E-state index in [1.54, 1.807) is 6.07 Å². The number of carbonyl (C=O) groups is 1. The monoisotopic (exact) mass is 284 g/mol. The van der Waals surface area contributed by atoms with Crippen molar-refractivity contribution in [1.29, 1.82) is 0 Å². The highest BCUT2D eigenvalue weighted by atomic mass is 32.2. The van der Waals surface area contributed by atoms with Crippen LogP contribution >= 0.6 is 0 Å². The van der Waals surface area contributed by atoms with E-state index < -0.39 is 10.0 Å². The summed E-state index contributed by atoms with van der Waals surface area (Å²) in [6, 6.07) is 4.38. The maximum absolute atomic E-state index is 11.2. The van der Waals surface area contributed by atoms with Gasteiger partial charge in [-0.05, 0) is 24.6 Å². The van der Waals surface area contributed by atoms with Crippen LogP contribution in [0, 0.1) is 0 Å². The molecule has 1 aliphatic rings. The van der Waals surface area contributed by atoms with Crippen molar-refractivity contribution >= 4 is 27.3 Å². The number of piperidine rings is 1. The molecular weight excluding hydrogens is 268 g/mol. The number of nitrogens with one attached hydrogen (secondary N) is 2. The van der Waals surface area contributed by atoms with Gasteiger partial charge in [0.25, 0.3) is 0 Å². The molecule has 0 aliphatic carbocycles. The summed E-state index contributed by atoms with van der Waals surface area (Å²) >= 11 is 0. The van der Waals surface area contributed by atoms with Gasteiger partial charge in [0.15, 0.2) is 0 Å². The van der Waals surface area contributed by atoms with Gasteiger partial charge in [-0.1, -0.05) is 0 Å². The quantitative estimate of drug-likeness (QED) is 0.562. The smallest absolute Gasteiger partial charge is 0.238 e. The lowest BCUT2D eigenvalue weighted by Crippen LogP contribution is -2.42. The second-order valence-corrected chi connectivity index (χ2v) is 6.04. The Morgan fingerprint density at radius 2 is 2.11 bits per heavy atom. The van der Waals surface area contributed by atoms with Crippen LogP contribution in [0.1, 0.15) is 12.8 Å². The maximum atomic E-state index is 11.2. The number of nitrogen functional groups attached to an aromatic ring is 1. The van der Waals surface area contributed by atoms with Crippen molar-refractivity contribution in [3.8, 4) is 0 Å². The molecule has 8 heteroatoms. The number of nitrogens with two attached hydrogens (primary N) is 2. The number of anilines is 2. The van der Waals surface area contributed by atoms with E-state index in [1.165, 1.54) is 12.1 Å². The molecule has 1 heterocycles. The Morgan fingerprint density at radius 1 is 1.37 bits per heavy atom. The average molecular weight is 284 g/mol. The van der Waals surface area contributed by atoms with Gasteiger partial charge in [0, 0.05) is 19.0 Å². The molecule has 1 atom stereocenters. The van der Waals surface area contributed by atoms with E-state index in [0.29, 0.717) is 30.8 Å². The first-order chi connectivity index (χ1) is 8.86. The Bertz CT molecular complexity index is 590. The van der Waals surface area contributed by atoms with E-state index in [-0.39, 0.29) is 16.8 Å². The normalized spacial score (nSPS) is 19.8. The van der Waals surface area contributed by atoms with Gasteiger partial charge in [-0.3, -0.25) is 4.79 Å². The van der Waals surface area contributed by atoms with Crippen LogP contribution in [0.25, 0.3) is 0 Å². The molecule has 104 valence electrons. The molecule has 1 aromatic carbocycles. The van der Waals surface area contributed by atoms with Crippen LogP contribution in [0.5, 0.6) is 0 Å². The zero-order valence-electron chi connectivity index (χ0n) is 10.2. The lowest BCUT2D eigenvalue weighted by Gasteiger charge is -2.25. The summed E-state index contributed by atoms with van der Waals surface area (Å²) in [5.74, 6) is 0.0376. The van der Waals surface area contributed by atoms with Crippen LogP contribution in [0.3, 0.4) is 0 Å². The van der Waals surface area contributed by atoms with Gasteiger partial charge in [0.2, 0.25) is 15.9 Å². The fourth-order valence-corrected chi connectivity index (χ4v) is 2.47. The summed E-state index contributed by atoms with van der Waals surface area (Å²) < 4.78 is 22.4. The number of amides is 1. The molecule has 0 spiro atoms. The predicted molar refractivity (Wildman–Crippen MR) is 71.9 cm³/mol. The molecule has 0 bridgehead atoms. The molecule has 1 aliphatic heterocycles. The van der Waals surface area contributed by atoms with Crippen LogP contribution in [0.2, 0.25) is 0 Å². The first-order valence-electron chi connectivity index (χ1n) is 5.82. The summed E-state index contributed by atoms with van der Waals surface area (Å²) in [7, 11) is -3.75. The number of sulfonamides is 1. The van der Waals surface area contributed by atoms with Gasteiger partial charge in [-0.15, -0.1) is 0 Å². The molecule has 1 amide bonds. The second-order valence-electron chi connectivity index (χ2n) is 4.48. The Hall–Kier alpha value is -1.80. The van der Waals surface area contributed by atoms with Crippen molar-refractivity contribution in [2.24, 2.45) is 5.14 Å². The van der Waals surface area contributed by atoms with Gasteiger partial charge in [-0.2, -0.15) is 0 Å². The Balaban J connectivity index is 2.11. The van der Waals surface area contributed by atoms with Gasteiger partial charge >= 0.3 is 0 Å². The molecule has 0 radical (unpaired) electrons. The lowest BCUT2D eigenvalue weighted by molar-refractivity contribution is -0.122. The van der Waals surface area contributed by atoms with Crippen LogP contribution in [-0.2, 0) is 14.8 Å². The highest BCUT2D eigenvalue weighted by molar-refractivity contribution is 7.89. The lowest BCUT2D eigenvalue weighted by atomic mass is 10.1. The molecule has 1 aromatic rings. The van der Waals surface area contributed by atoms with E-state index in [9.17, 15) is 13.2 Å². The molecule has 0 saturated carbocycles. The number of benzene rings is 1. The van der Waals surface area contributed by atoms with E-state index in [2.05, 4.69) is 10.6 Å². The molecule has 7 nitrogen and oxygen atoms in total. The third-order valence-electron chi connectivity index (χ3n) is 2.98. The number of primary sulfonamides is 1. The number of carbonyl (C=O) groups excluding carboxylic acids is 1. The molecule has 1 fully saturated rings. The predicted octanol–water partition coefficient (Wildman–Crippen LogP) is -0.393. The Morgan fingerprint density at radius 3 is 2.63 bits per heavy atom. The third-order valence-corrected chi connectivity index (χ3v) is 3.89. The first kappa shape index (κ1) is 13.6. The van der Waals surface area contributed by atoms with Gasteiger partial charge in [0.1, 0.15) is 0 Å². The molecule has 19 heavy (non-hydrogen) atoms. The fourth-order valence-electron chi connectivity index (χ4n) is 1.93. The number of rotatable bonds is 3. The van der Waals surface area contributed by atoms with Crippen LogP contribution in [0.15, 0.2) is 23.1 Å². The minimum absolute atomic E-state index is 0.0208. The summed E-state index contributed by atoms with van der Waals surface area (Å²) in [6.07, 6.45) is 1.18. The molecule has 2 rings (SSSR count). The van der Waals surface area contributed by atoms with Gasteiger partial charge in [-0.25, -0.2) is 13.6 Å². The Kier molecular flexibility index (Phi) is 3.63. The highest BCUT2D eigenvalue weighted by Gasteiger charge is 2.18. The topological polar surface area (TPSA) is 127 Å². The zero-order chi connectivity index (χ0) is 14.0. The van der Waals surface area contributed by atoms with E-state index in [4.69, 9.17) is 10.9 Å². The number of hydrogen-bond donors (Lipinski definition) is 4. The maximum Gasteiger partial charge on any atom is 0.238 e. The summed E-state index contributed by atoms with van der Waals surface area (Å²) in [5.41, 5.74) is 6.73. The Labute approximate surface area is 111 Å². The highest BCUT2D eigenvalue weighted by Crippen LogP contribution is 2.23. The van der Waals surface area contributed by atoms with Crippen molar-refractivity contribution in [3.05, 3.63) is 18.2 Å². The zero-order valence-corrected chi connectivity index (χ0v) is 11.0. The minimum atomic E-state index is -3.75. The third kappa shape index (κ3) is 3.36. The van der Waals surface area contributed by atoms with Crippen molar-refractivity contribution in [2.45, 2.75) is 23.8 Å². The summed E-state index contributed by atoms with van der Waals surface area (Å²) in [5, 5.41) is 10.9. The number of hydrogen-bond acceptors (Lipinski definition) is 5. The van der Waals surface area contributed by atoms with E-state index >= 15 is 0 Å². The van der Waals surface area contributed by atoms with Gasteiger partial charge < -0.3 is 16.4 Å². The molecule has 1 saturated heterocycles. The van der Waals surface area contributed by atoms with Crippen molar-refractivity contribution in [1.82, 2.24) is 5.32 Å². The van der Waals surface area contributed by atoms with Crippen LogP contribution in [-0.4, -0.2) is 26.9 Å². The largest absolute Gasteiger partial charge is 0.397 e. The van der Waals surface area contributed by atoms with Gasteiger partial charge in [0.05, 0.1) is 16.3 Å².